The van der Waals surface area contributed by atoms with Gasteiger partial charge in [-0.3, -0.25) is 9.78 Å². The van der Waals surface area contributed by atoms with Gasteiger partial charge >= 0.3 is 0 Å². The van der Waals surface area contributed by atoms with Gasteiger partial charge in [-0.2, -0.15) is 10.4 Å². The van der Waals surface area contributed by atoms with Crippen LogP contribution in [-0.2, 0) is 4.79 Å². The van der Waals surface area contributed by atoms with Crippen molar-refractivity contribution >= 4 is 33.6 Å². The van der Waals surface area contributed by atoms with E-state index in [2.05, 4.69) is 45.4 Å². The van der Waals surface area contributed by atoms with Gasteiger partial charge in [0.05, 0.1) is 34.2 Å². The van der Waals surface area contributed by atoms with Crippen molar-refractivity contribution in [2.24, 2.45) is 11.8 Å². The molecule has 4 aromatic heterocycles. The highest BCUT2D eigenvalue weighted by molar-refractivity contribution is 7.18. The van der Waals surface area contributed by atoms with Crippen LogP contribution in [0.25, 0.3) is 27.5 Å². The molecular formula is C28H31N9OS. The molecule has 2 bridgehead atoms. The molecule has 0 radical (unpaired) electrons. The molecule has 0 spiro atoms. The van der Waals surface area contributed by atoms with Crippen LogP contribution in [0.1, 0.15) is 39.2 Å². The summed E-state index contributed by atoms with van der Waals surface area (Å²) in [5, 5.41) is 28.1. The molecule has 2 atom stereocenters. The van der Waals surface area contributed by atoms with Crippen LogP contribution in [0.3, 0.4) is 0 Å². The highest BCUT2D eigenvalue weighted by atomic mass is 32.1. The second-order valence-corrected chi connectivity index (χ2v) is 11.8. The molecule has 1 N–H and O–H groups in total. The Balaban J connectivity index is 1.29. The van der Waals surface area contributed by atoms with Gasteiger partial charge < -0.3 is 15.1 Å². The Kier molecular flexibility index (Phi) is 6.43. The fraction of sp³-hybridized carbons (Fsp3) is 0.429. The van der Waals surface area contributed by atoms with E-state index in [-0.39, 0.29) is 11.9 Å². The maximum atomic E-state index is 12.0. The van der Waals surface area contributed by atoms with E-state index in [0.717, 1.165) is 64.2 Å². The lowest BCUT2D eigenvalue weighted by Gasteiger charge is -2.41. The molecule has 6 rings (SSSR count). The van der Waals surface area contributed by atoms with Crippen molar-refractivity contribution in [3.8, 4) is 28.0 Å². The number of hydrogen-bond donors (Lipinski definition) is 1. The van der Waals surface area contributed by atoms with Crippen molar-refractivity contribution in [3.63, 3.8) is 0 Å². The Bertz CT molecular complexity index is 1570. The van der Waals surface area contributed by atoms with Crippen molar-refractivity contribution in [3.05, 3.63) is 42.2 Å². The average Bonchev–Trinajstić information content (AvgIpc) is 3.63. The Morgan fingerprint density at radius 2 is 1.95 bits per heavy atom. The zero-order chi connectivity index (χ0) is 27.3. The molecular weight excluding hydrogens is 510 g/mol. The number of fused-ring (bicyclic) bond motifs is 3. The van der Waals surface area contributed by atoms with Crippen molar-refractivity contribution in [2.75, 3.05) is 30.4 Å². The van der Waals surface area contributed by atoms with Crippen LogP contribution in [0, 0.1) is 23.2 Å². The van der Waals surface area contributed by atoms with E-state index in [1.165, 1.54) is 0 Å². The summed E-state index contributed by atoms with van der Waals surface area (Å²) in [5.74, 6) is 1.05. The van der Waals surface area contributed by atoms with Crippen molar-refractivity contribution < 1.29 is 4.79 Å². The molecule has 1 saturated carbocycles. The number of rotatable bonds is 6. The van der Waals surface area contributed by atoms with Crippen molar-refractivity contribution in [2.45, 2.75) is 45.7 Å². The van der Waals surface area contributed by atoms with Crippen molar-refractivity contribution in [1.29, 1.82) is 5.26 Å². The molecule has 1 amide bonds. The third kappa shape index (κ3) is 4.59. The largest absolute Gasteiger partial charge is 0.382 e. The maximum absolute atomic E-state index is 12.0. The molecule has 10 nitrogen and oxygen atoms in total. The normalized spacial score (nSPS) is 20.4. The van der Waals surface area contributed by atoms with Gasteiger partial charge in [0.1, 0.15) is 6.07 Å². The zero-order valence-corrected chi connectivity index (χ0v) is 23.3. The van der Waals surface area contributed by atoms with Gasteiger partial charge in [0, 0.05) is 51.0 Å². The number of amides is 1. The quantitative estimate of drug-likeness (QED) is 0.384. The molecule has 4 aromatic rings. The third-order valence-electron chi connectivity index (χ3n) is 7.88. The van der Waals surface area contributed by atoms with Crippen LogP contribution in [0.15, 0.2) is 36.7 Å². The number of hydrogen-bond acceptors (Lipinski definition) is 9. The molecule has 2 unspecified atom stereocenters. The summed E-state index contributed by atoms with van der Waals surface area (Å²) in [6.07, 6.45) is 5.70. The second kappa shape index (κ2) is 9.93. The number of carbonyl (C=O) groups excluding carboxylic acids is 1. The van der Waals surface area contributed by atoms with Gasteiger partial charge in [0.25, 0.3) is 0 Å². The number of nitrogens with zero attached hydrogens (tertiary/aromatic N) is 8. The molecule has 1 aliphatic heterocycles. The van der Waals surface area contributed by atoms with Crippen LogP contribution >= 0.6 is 11.3 Å². The fourth-order valence-corrected chi connectivity index (χ4v) is 6.98. The third-order valence-corrected chi connectivity index (χ3v) is 8.90. The molecule has 2 fully saturated rings. The monoisotopic (exact) mass is 541 g/mol. The molecule has 1 saturated heterocycles. The fourth-order valence-electron chi connectivity index (χ4n) is 6.10. The van der Waals surface area contributed by atoms with Crippen LogP contribution < -0.4 is 10.2 Å². The summed E-state index contributed by atoms with van der Waals surface area (Å²) in [5.41, 5.74) is 4.83. The van der Waals surface area contributed by atoms with Crippen LogP contribution in [0.5, 0.6) is 0 Å². The van der Waals surface area contributed by atoms with Crippen molar-refractivity contribution in [1.82, 2.24) is 29.7 Å². The molecule has 2 aliphatic rings. The summed E-state index contributed by atoms with van der Waals surface area (Å²) in [7, 11) is 1.94. The zero-order valence-electron chi connectivity index (χ0n) is 22.5. The van der Waals surface area contributed by atoms with Gasteiger partial charge in [-0.15, -0.1) is 10.2 Å². The number of anilines is 2. The number of carbonyl (C=O) groups is 1. The minimum absolute atomic E-state index is 0.139. The standard InChI is InChI=1S/C28H31N9OS/c1-16(2)32-23-10-24(25-8-7-21-9-18(11-29)12-31-37(21)25)30-13-22(23)27-33-34-28(39-27)36-14-19-5-6-20(15-36)26(19)35(4)17(3)38/h7-10,12-13,16,19-20,26H,5-6,14-15H2,1-4H3,(H,30,32). The second-order valence-electron chi connectivity index (χ2n) is 10.8. The summed E-state index contributed by atoms with van der Waals surface area (Å²) in [4.78, 5) is 21.1. The Morgan fingerprint density at radius 3 is 2.64 bits per heavy atom. The lowest BCUT2D eigenvalue weighted by Crippen LogP contribution is -2.52. The van der Waals surface area contributed by atoms with Crippen LogP contribution in [0.2, 0.25) is 0 Å². The molecule has 0 aromatic carbocycles. The van der Waals surface area contributed by atoms with E-state index in [9.17, 15) is 10.1 Å². The smallest absolute Gasteiger partial charge is 0.219 e. The molecule has 11 heteroatoms. The van der Waals surface area contributed by atoms with Crippen LogP contribution in [0.4, 0.5) is 10.8 Å². The van der Waals surface area contributed by atoms with E-state index in [0.29, 0.717) is 23.4 Å². The summed E-state index contributed by atoms with van der Waals surface area (Å²) >= 11 is 1.59. The number of pyridine rings is 1. The van der Waals surface area contributed by atoms with Gasteiger partial charge in [-0.05, 0) is 62.8 Å². The summed E-state index contributed by atoms with van der Waals surface area (Å²) in [6, 6.07) is 10.4. The predicted molar refractivity (Wildman–Crippen MR) is 151 cm³/mol. The minimum atomic E-state index is 0.139. The first kappa shape index (κ1) is 25.2. The Morgan fingerprint density at radius 1 is 1.18 bits per heavy atom. The highest BCUT2D eigenvalue weighted by Crippen LogP contribution is 2.43. The van der Waals surface area contributed by atoms with Gasteiger partial charge in [-0.25, -0.2) is 4.52 Å². The maximum Gasteiger partial charge on any atom is 0.219 e. The SMILES string of the molecule is CC(=O)N(C)C1C2CCC1CN(c1nnc(-c3cnc(-c4ccc5cc(C#N)cnn45)cc3NC(C)C)s1)C2. The van der Waals surface area contributed by atoms with Gasteiger partial charge in [0.2, 0.25) is 11.0 Å². The minimum Gasteiger partial charge on any atom is -0.382 e. The van der Waals surface area contributed by atoms with Gasteiger partial charge in [0.15, 0.2) is 5.01 Å². The lowest BCUT2D eigenvalue weighted by molar-refractivity contribution is -0.131. The van der Waals surface area contributed by atoms with E-state index >= 15 is 0 Å². The first-order valence-electron chi connectivity index (χ1n) is 13.3. The summed E-state index contributed by atoms with van der Waals surface area (Å²) in [6.45, 7) is 7.65. The molecule has 39 heavy (non-hydrogen) atoms. The number of piperidine rings is 1. The van der Waals surface area contributed by atoms with E-state index in [1.54, 1.807) is 29.0 Å². The van der Waals surface area contributed by atoms with E-state index in [4.69, 9.17) is 4.98 Å². The Labute approximate surface area is 231 Å². The van der Waals surface area contributed by atoms with E-state index in [1.807, 2.05) is 42.4 Å². The number of aromatic nitrogens is 5. The first-order valence-corrected chi connectivity index (χ1v) is 14.1. The van der Waals surface area contributed by atoms with Gasteiger partial charge in [-0.1, -0.05) is 11.3 Å². The van der Waals surface area contributed by atoms with Crippen LogP contribution in [-0.4, -0.2) is 67.8 Å². The topological polar surface area (TPSA) is 115 Å². The predicted octanol–water partition coefficient (Wildman–Crippen LogP) is 4.30. The lowest BCUT2D eigenvalue weighted by atomic mass is 9.91. The number of nitriles is 1. The molecule has 1 aliphatic carbocycles. The average molecular weight is 542 g/mol. The molecule has 5 heterocycles. The molecule has 200 valence electrons. The van der Waals surface area contributed by atoms with E-state index < -0.39 is 0 Å². The number of nitrogens with one attached hydrogen (secondary N) is 1. The first-order chi connectivity index (χ1) is 18.8. The summed E-state index contributed by atoms with van der Waals surface area (Å²) < 4.78 is 1.80. The highest BCUT2D eigenvalue weighted by Gasteiger charge is 2.45. The Hall–Kier alpha value is -4.04.